The van der Waals surface area contributed by atoms with E-state index >= 15 is 0 Å². The Balaban J connectivity index is 1.71. The summed E-state index contributed by atoms with van der Waals surface area (Å²) >= 11 is 0. The lowest BCUT2D eigenvalue weighted by molar-refractivity contribution is 0.170. The second kappa shape index (κ2) is 12.9. The van der Waals surface area contributed by atoms with Gasteiger partial charge in [-0.1, -0.05) is 60.7 Å². The van der Waals surface area contributed by atoms with E-state index in [0.29, 0.717) is 12.3 Å². The fourth-order valence-corrected chi connectivity index (χ4v) is 5.02. The van der Waals surface area contributed by atoms with Crippen LogP contribution in [-0.2, 0) is 13.2 Å². The zero-order valence-electron chi connectivity index (χ0n) is 23.0. The SMILES string of the molecule is COc1cc(-c2cccc(-c3cccc(-c4ccc(CNC(CO)CO)c(OC)c4)c3C)c2C)ccc1CO. The summed E-state index contributed by atoms with van der Waals surface area (Å²) in [5.41, 5.74) is 10.7. The number of methoxy groups -OCH3 is 2. The molecule has 0 saturated heterocycles. The van der Waals surface area contributed by atoms with Crippen LogP contribution in [0, 0.1) is 13.8 Å². The summed E-state index contributed by atoms with van der Waals surface area (Å²) in [6, 6.07) is 24.4. The molecule has 0 unspecified atom stereocenters. The Morgan fingerprint density at radius 3 is 1.56 bits per heavy atom. The van der Waals surface area contributed by atoms with E-state index in [0.717, 1.165) is 55.8 Å². The molecule has 4 aromatic rings. The second-order valence-electron chi connectivity index (χ2n) is 9.61. The molecule has 0 amide bonds. The van der Waals surface area contributed by atoms with E-state index in [1.807, 2.05) is 30.3 Å². The van der Waals surface area contributed by atoms with Crippen molar-refractivity contribution >= 4 is 0 Å². The van der Waals surface area contributed by atoms with Crippen molar-refractivity contribution < 1.29 is 24.8 Å². The highest BCUT2D eigenvalue weighted by molar-refractivity contribution is 5.84. The standard InChI is InChI=1S/C33H37NO5/c1-21-28(23-11-13-25(32(15-23)38-3)17-34-27(19-36)20-37)7-5-9-30(21)31-10-6-8-29(22(31)2)24-12-14-26(18-35)33(16-24)39-4/h5-16,27,34-37H,17-20H2,1-4H3. The molecule has 0 saturated carbocycles. The molecule has 0 fully saturated rings. The molecule has 6 nitrogen and oxygen atoms in total. The van der Waals surface area contributed by atoms with Crippen LogP contribution in [-0.4, -0.2) is 48.8 Å². The van der Waals surface area contributed by atoms with E-state index in [-0.39, 0.29) is 25.9 Å². The van der Waals surface area contributed by atoms with Gasteiger partial charge in [-0.3, -0.25) is 0 Å². The lowest BCUT2D eigenvalue weighted by Crippen LogP contribution is -2.35. The summed E-state index contributed by atoms with van der Waals surface area (Å²) in [5.74, 6) is 1.42. The Labute approximate surface area is 230 Å². The molecule has 4 rings (SSSR count). The van der Waals surface area contributed by atoms with Gasteiger partial charge in [0.1, 0.15) is 11.5 Å². The second-order valence-corrected chi connectivity index (χ2v) is 9.61. The molecule has 4 aromatic carbocycles. The third kappa shape index (κ3) is 6.00. The molecule has 6 heteroatoms. The van der Waals surface area contributed by atoms with E-state index in [9.17, 15) is 15.3 Å². The quantitative estimate of drug-likeness (QED) is 0.213. The largest absolute Gasteiger partial charge is 0.496 e. The highest BCUT2D eigenvalue weighted by Crippen LogP contribution is 2.38. The summed E-state index contributed by atoms with van der Waals surface area (Å²) in [4.78, 5) is 0. The fourth-order valence-electron chi connectivity index (χ4n) is 5.02. The van der Waals surface area contributed by atoms with Crippen LogP contribution >= 0.6 is 0 Å². The number of hydrogen-bond donors (Lipinski definition) is 4. The van der Waals surface area contributed by atoms with Crippen molar-refractivity contribution in [3.05, 3.63) is 95.1 Å². The highest BCUT2D eigenvalue weighted by atomic mass is 16.5. The summed E-state index contributed by atoms with van der Waals surface area (Å²) in [6.07, 6.45) is 0. The molecule has 0 spiro atoms. The van der Waals surface area contributed by atoms with Gasteiger partial charge in [0.2, 0.25) is 0 Å². The van der Waals surface area contributed by atoms with Crippen LogP contribution < -0.4 is 14.8 Å². The number of aliphatic hydroxyl groups is 3. The Hall–Kier alpha value is -3.68. The maximum Gasteiger partial charge on any atom is 0.124 e. The molecule has 0 bridgehead atoms. The average molecular weight is 528 g/mol. The molecular weight excluding hydrogens is 490 g/mol. The van der Waals surface area contributed by atoms with Crippen LogP contribution in [0.4, 0.5) is 0 Å². The number of rotatable bonds is 11. The predicted molar refractivity (Wildman–Crippen MR) is 156 cm³/mol. The molecule has 0 atom stereocenters. The smallest absolute Gasteiger partial charge is 0.124 e. The van der Waals surface area contributed by atoms with Gasteiger partial charge in [-0.15, -0.1) is 0 Å². The van der Waals surface area contributed by atoms with Crippen molar-refractivity contribution in [1.29, 1.82) is 0 Å². The Morgan fingerprint density at radius 1 is 0.641 bits per heavy atom. The van der Waals surface area contributed by atoms with Crippen LogP contribution in [0.2, 0.25) is 0 Å². The first-order valence-corrected chi connectivity index (χ1v) is 13.1. The maximum absolute atomic E-state index is 9.62. The number of hydrogen-bond acceptors (Lipinski definition) is 6. The molecule has 0 aliphatic rings. The average Bonchev–Trinajstić information content (AvgIpc) is 2.97. The van der Waals surface area contributed by atoms with Gasteiger partial charge in [0.05, 0.1) is 40.1 Å². The van der Waals surface area contributed by atoms with Gasteiger partial charge in [-0.05, 0) is 70.5 Å². The monoisotopic (exact) mass is 527 g/mol. The third-order valence-electron chi connectivity index (χ3n) is 7.35. The summed E-state index contributed by atoms with van der Waals surface area (Å²) in [6.45, 7) is 4.42. The first-order valence-electron chi connectivity index (χ1n) is 13.1. The first kappa shape index (κ1) is 28.3. The van der Waals surface area contributed by atoms with Crippen molar-refractivity contribution in [3.8, 4) is 44.9 Å². The summed E-state index contributed by atoms with van der Waals surface area (Å²) < 4.78 is 11.2. The molecular formula is C33H37NO5. The Bertz CT molecular complexity index is 1430. The topological polar surface area (TPSA) is 91.2 Å². The van der Waals surface area contributed by atoms with Gasteiger partial charge in [0, 0.05) is 17.7 Å². The summed E-state index contributed by atoms with van der Waals surface area (Å²) in [5, 5.41) is 31.5. The zero-order chi connectivity index (χ0) is 27.9. The van der Waals surface area contributed by atoms with Gasteiger partial charge >= 0.3 is 0 Å². The minimum atomic E-state index is -0.374. The van der Waals surface area contributed by atoms with E-state index in [1.165, 1.54) is 5.56 Å². The lowest BCUT2D eigenvalue weighted by atomic mass is 9.87. The van der Waals surface area contributed by atoms with E-state index in [1.54, 1.807) is 14.2 Å². The lowest BCUT2D eigenvalue weighted by Gasteiger charge is -2.18. The van der Waals surface area contributed by atoms with Gasteiger partial charge in [-0.2, -0.15) is 0 Å². The number of aliphatic hydroxyl groups excluding tert-OH is 3. The van der Waals surface area contributed by atoms with Crippen LogP contribution in [0.15, 0.2) is 72.8 Å². The van der Waals surface area contributed by atoms with Crippen molar-refractivity contribution in [2.75, 3.05) is 27.4 Å². The van der Waals surface area contributed by atoms with Crippen molar-refractivity contribution in [2.24, 2.45) is 0 Å². The van der Waals surface area contributed by atoms with Crippen molar-refractivity contribution in [2.45, 2.75) is 33.0 Å². The molecule has 0 heterocycles. The number of ether oxygens (including phenoxy) is 2. The minimum Gasteiger partial charge on any atom is -0.496 e. The van der Waals surface area contributed by atoms with Gasteiger partial charge in [0.15, 0.2) is 0 Å². The summed E-state index contributed by atoms with van der Waals surface area (Å²) in [7, 11) is 3.27. The van der Waals surface area contributed by atoms with Gasteiger partial charge < -0.3 is 30.1 Å². The van der Waals surface area contributed by atoms with Crippen LogP contribution in [0.3, 0.4) is 0 Å². The van der Waals surface area contributed by atoms with Crippen LogP contribution in [0.1, 0.15) is 22.3 Å². The number of benzene rings is 4. The molecule has 4 N–H and O–H groups in total. The van der Waals surface area contributed by atoms with Crippen LogP contribution in [0.25, 0.3) is 33.4 Å². The minimum absolute atomic E-state index is 0.0669. The number of nitrogens with one attached hydrogen (secondary N) is 1. The van der Waals surface area contributed by atoms with Crippen LogP contribution in [0.5, 0.6) is 11.5 Å². The zero-order valence-corrected chi connectivity index (χ0v) is 23.0. The molecule has 0 aliphatic carbocycles. The third-order valence-corrected chi connectivity index (χ3v) is 7.35. The Kier molecular flexibility index (Phi) is 9.38. The molecule has 0 radical (unpaired) electrons. The molecule has 0 aromatic heterocycles. The normalized spacial score (nSPS) is 11.2. The van der Waals surface area contributed by atoms with Crippen molar-refractivity contribution in [1.82, 2.24) is 5.32 Å². The van der Waals surface area contributed by atoms with E-state index in [4.69, 9.17) is 9.47 Å². The van der Waals surface area contributed by atoms with Gasteiger partial charge in [-0.25, -0.2) is 0 Å². The van der Waals surface area contributed by atoms with Gasteiger partial charge in [0.25, 0.3) is 0 Å². The molecule has 39 heavy (non-hydrogen) atoms. The molecule has 0 aliphatic heterocycles. The van der Waals surface area contributed by atoms with E-state index < -0.39 is 0 Å². The molecule has 204 valence electrons. The van der Waals surface area contributed by atoms with E-state index in [2.05, 4.69) is 61.6 Å². The first-order chi connectivity index (χ1) is 18.9. The Morgan fingerprint density at radius 2 is 1.10 bits per heavy atom. The van der Waals surface area contributed by atoms with Crippen molar-refractivity contribution in [3.63, 3.8) is 0 Å². The predicted octanol–water partition coefficient (Wildman–Crippen LogP) is 5.26. The fraction of sp³-hybridized carbons (Fsp3) is 0.273. The highest BCUT2D eigenvalue weighted by Gasteiger charge is 2.15. The maximum atomic E-state index is 9.62.